The van der Waals surface area contributed by atoms with Gasteiger partial charge in [0.15, 0.2) is 0 Å². The molecule has 0 bridgehead atoms. The van der Waals surface area contributed by atoms with Crippen LogP contribution in [-0.4, -0.2) is 25.3 Å². The zero-order chi connectivity index (χ0) is 14.4. The molecule has 0 aliphatic rings. The Kier molecular flexibility index (Phi) is 5.03. The van der Waals surface area contributed by atoms with E-state index in [9.17, 15) is 4.39 Å². The second-order valence-electron chi connectivity index (χ2n) is 4.25. The van der Waals surface area contributed by atoms with Crippen molar-refractivity contribution in [2.45, 2.75) is 6.04 Å². The number of nitrogens with zero attached hydrogens (tertiary/aromatic N) is 1. The Bertz CT molecular complexity index is 563. The first kappa shape index (κ1) is 14.4. The van der Waals surface area contributed by atoms with Gasteiger partial charge in [0.2, 0.25) is 0 Å². The van der Waals surface area contributed by atoms with Gasteiger partial charge in [-0.25, -0.2) is 4.39 Å². The van der Waals surface area contributed by atoms with Crippen LogP contribution in [0.1, 0.15) is 17.2 Å². The summed E-state index contributed by atoms with van der Waals surface area (Å²) in [4.78, 5) is 3.73. The average molecular weight is 276 g/mol. The summed E-state index contributed by atoms with van der Waals surface area (Å²) >= 11 is 0. The number of hydrogen-bond donors (Lipinski definition) is 1. The van der Waals surface area contributed by atoms with E-state index in [-0.39, 0.29) is 0 Å². The second kappa shape index (κ2) is 6.98. The van der Waals surface area contributed by atoms with Gasteiger partial charge >= 0.3 is 0 Å². The smallest absolute Gasteiger partial charge is 0.146 e. The van der Waals surface area contributed by atoms with Crippen molar-refractivity contribution < 1.29 is 13.9 Å². The van der Waals surface area contributed by atoms with Crippen LogP contribution in [0.15, 0.2) is 42.7 Å². The number of methoxy groups -OCH3 is 1. The number of benzene rings is 1. The Hall–Kier alpha value is -1.98. The molecule has 2 N–H and O–H groups in total. The molecule has 0 radical (unpaired) electrons. The molecule has 2 rings (SSSR count). The summed E-state index contributed by atoms with van der Waals surface area (Å²) in [5.41, 5.74) is 7.26. The van der Waals surface area contributed by atoms with Crippen LogP contribution in [0.5, 0.6) is 5.75 Å². The number of aromatic nitrogens is 1. The number of hydrogen-bond acceptors (Lipinski definition) is 4. The van der Waals surface area contributed by atoms with E-state index in [1.165, 1.54) is 6.20 Å². The first-order valence-electron chi connectivity index (χ1n) is 6.29. The molecule has 4 nitrogen and oxygen atoms in total. The fourth-order valence-electron chi connectivity index (χ4n) is 1.91. The fraction of sp³-hybridized carbons (Fsp3) is 0.267. The normalized spacial score (nSPS) is 12.2. The largest absolute Gasteiger partial charge is 0.491 e. The third-order valence-corrected chi connectivity index (χ3v) is 2.94. The van der Waals surface area contributed by atoms with Crippen LogP contribution in [0, 0.1) is 5.82 Å². The molecular formula is C15H17FN2O2. The number of pyridine rings is 1. The molecular weight excluding hydrogens is 259 g/mol. The molecule has 0 spiro atoms. The van der Waals surface area contributed by atoms with Crippen molar-refractivity contribution in [3.05, 3.63) is 59.7 Å². The fourth-order valence-corrected chi connectivity index (χ4v) is 1.91. The Morgan fingerprint density at radius 2 is 2.00 bits per heavy atom. The molecule has 1 unspecified atom stereocenters. The Labute approximate surface area is 117 Å². The highest BCUT2D eigenvalue weighted by Gasteiger charge is 2.17. The molecule has 0 aliphatic heterocycles. The maximum absolute atomic E-state index is 13.8. The highest BCUT2D eigenvalue weighted by atomic mass is 19.1. The van der Waals surface area contributed by atoms with E-state index in [2.05, 4.69) is 4.98 Å². The molecule has 1 aromatic heterocycles. The van der Waals surface area contributed by atoms with Crippen LogP contribution in [-0.2, 0) is 4.74 Å². The molecule has 0 saturated carbocycles. The molecule has 1 heterocycles. The first-order valence-corrected chi connectivity index (χ1v) is 6.29. The van der Waals surface area contributed by atoms with Crippen molar-refractivity contribution in [1.82, 2.24) is 4.98 Å². The van der Waals surface area contributed by atoms with Crippen molar-refractivity contribution >= 4 is 0 Å². The molecule has 1 atom stereocenters. The van der Waals surface area contributed by atoms with Crippen LogP contribution >= 0.6 is 0 Å². The molecule has 0 aliphatic carbocycles. The van der Waals surface area contributed by atoms with Gasteiger partial charge < -0.3 is 15.2 Å². The van der Waals surface area contributed by atoms with Gasteiger partial charge in [-0.15, -0.1) is 0 Å². The number of ether oxygens (including phenoxy) is 2. The number of para-hydroxylation sites is 1. The molecule has 5 heteroatoms. The van der Waals surface area contributed by atoms with E-state index in [1.807, 2.05) is 24.3 Å². The Balaban J connectivity index is 2.25. The van der Waals surface area contributed by atoms with Crippen LogP contribution in [0.3, 0.4) is 0 Å². The summed E-state index contributed by atoms with van der Waals surface area (Å²) in [6.07, 6.45) is 2.68. The van der Waals surface area contributed by atoms with Crippen LogP contribution in [0.4, 0.5) is 4.39 Å². The van der Waals surface area contributed by atoms with E-state index < -0.39 is 11.9 Å². The van der Waals surface area contributed by atoms with E-state index in [1.54, 1.807) is 13.2 Å². The van der Waals surface area contributed by atoms with Crippen LogP contribution in [0.25, 0.3) is 0 Å². The van der Waals surface area contributed by atoms with E-state index in [0.29, 0.717) is 24.5 Å². The minimum atomic E-state index is -0.600. The summed E-state index contributed by atoms with van der Waals surface area (Å²) in [5.74, 6) is 0.208. The predicted molar refractivity (Wildman–Crippen MR) is 74.0 cm³/mol. The molecule has 106 valence electrons. The Morgan fingerprint density at radius 1 is 1.20 bits per heavy atom. The Morgan fingerprint density at radius 3 is 2.75 bits per heavy atom. The van der Waals surface area contributed by atoms with Crippen molar-refractivity contribution in [3.8, 4) is 5.75 Å². The molecule has 20 heavy (non-hydrogen) atoms. The van der Waals surface area contributed by atoms with Gasteiger partial charge in [-0.05, 0) is 12.1 Å². The number of rotatable bonds is 6. The summed E-state index contributed by atoms with van der Waals surface area (Å²) in [5, 5.41) is 0. The van der Waals surface area contributed by atoms with E-state index in [0.717, 1.165) is 11.8 Å². The average Bonchev–Trinajstić information content (AvgIpc) is 2.48. The maximum Gasteiger partial charge on any atom is 0.146 e. The van der Waals surface area contributed by atoms with Gasteiger partial charge in [-0.1, -0.05) is 18.2 Å². The lowest BCUT2D eigenvalue weighted by molar-refractivity contribution is 0.145. The first-order chi connectivity index (χ1) is 9.74. The van der Waals surface area contributed by atoms with Crippen molar-refractivity contribution in [1.29, 1.82) is 0 Å². The number of halogens is 1. The monoisotopic (exact) mass is 276 g/mol. The van der Waals surface area contributed by atoms with Crippen molar-refractivity contribution in [2.75, 3.05) is 20.3 Å². The van der Waals surface area contributed by atoms with E-state index >= 15 is 0 Å². The third kappa shape index (κ3) is 3.31. The highest BCUT2D eigenvalue weighted by Crippen LogP contribution is 2.29. The van der Waals surface area contributed by atoms with Gasteiger partial charge in [0.1, 0.15) is 18.2 Å². The molecule has 2 aromatic rings. The van der Waals surface area contributed by atoms with Crippen molar-refractivity contribution in [2.24, 2.45) is 5.73 Å². The quantitative estimate of drug-likeness (QED) is 0.822. The lowest BCUT2D eigenvalue weighted by Crippen LogP contribution is -2.16. The maximum atomic E-state index is 13.8. The third-order valence-electron chi connectivity index (χ3n) is 2.94. The summed E-state index contributed by atoms with van der Waals surface area (Å²) < 4.78 is 24.3. The van der Waals surface area contributed by atoms with Gasteiger partial charge in [0.25, 0.3) is 0 Å². The molecule has 0 fully saturated rings. The van der Waals surface area contributed by atoms with Gasteiger partial charge in [0.05, 0.1) is 18.8 Å². The minimum absolute atomic E-state index is 0.391. The topological polar surface area (TPSA) is 57.4 Å². The zero-order valence-electron chi connectivity index (χ0n) is 11.3. The summed E-state index contributed by atoms with van der Waals surface area (Å²) in [6, 6.07) is 8.30. The number of nitrogens with two attached hydrogens (primary N) is 1. The van der Waals surface area contributed by atoms with Gasteiger partial charge in [-0.2, -0.15) is 0 Å². The van der Waals surface area contributed by atoms with Gasteiger partial charge in [0, 0.05) is 24.4 Å². The zero-order valence-corrected chi connectivity index (χ0v) is 11.3. The van der Waals surface area contributed by atoms with Crippen LogP contribution < -0.4 is 10.5 Å². The van der Waals surface area contributed by atoms with Gasteiger partial charge in [-0.3, -0.25) is 4.98 Å². The minimum Gasteiger partial charge on any atom is -0.491 e. The van der Waals surface area contributed by atoms with Crippen LogP contribution in [0.2, 0.25) is 0 Å². The van der Waals surface area contributed by atoms with E-state index in [4.69, 9.17) is 15.2 Å². The summed E-state index contributed by atoms with van der Waals surface area (Å²) in [6.45, 7) is 0.895. The second-order valence-corrected chi connectivity index (χ2v) is 4.25. The SMILES string of the molecule is COCCOc1ccccc1C(N)c1ccncc1F. The van der Waals surface area contributed by atoms with Crippen molar-refractivity contribution in [3.63, 3.8) is 0 Å². The highest BCUT2D eigenvalue weighted by molar-refractivity contribution is 5.41. The lowest BCUT2D eigenvalue weighted by Gasteiger charge is -2.17. The molecule has 0 amide bonds. The predicted octanol–water partition coefficient (Wildman–Crippen LogP) is 2.29. The lowest BCUT2D eigenvalue weighted by atomic mass is 9.99. The molecule has 0 saturated heterocycles. The standard InChI is InChI=1S/C15H17FN2O2/c1-19-8-9-20-14-5-3-2-4-12(14)15(17)11-6-7-18-10-13(11)16/h2-7,10,15H,8-9,17H2,1H3. The molecule has 1 aromatic carbocycles. The summed E-state index contributed by atoms with van der Waals surface area (Å²) in [7, 11) is 1.60.